The largest absolute Gasteiger partial charge is 0.478 e. The first-order valence-corrected chi connectivity index (χ1v) is 4.12. The van der Waals surface area contributed by atoms with Crippen LogP contribution in [0.25, 0.3) is 0 Å². The molecule has 5 nitrogen and oxygen atoms in total. The first kappa shape index (κ1) is 8.48. The van der Waals surface area contributed by atoms with Gasteiger partial charge < -0.3 is 0 Å². The molecule has 1 rings (SSSR count). The molecule has 0 unspecified atom stereocenters. The van der Waals surface area contributed by atoms with E-state index in [2.05, 4.69) is 5.32 Å². The summed E-state index contributed by atoms with van der Waals surface area (Å²) in [7, 11) is 0. The molecule has 0 spiro atoms. The average Bonchev–Trinajstić information content (AvgIpc) is 2.05. The molecular weight excluding hydrogens is 168 g/mol. The van der Waals surface area contributed by atoms with Crippen molar-refractivity contribution in [1.29, 1.82) is 0 Å². The van der Waals surface area contributed by atoms with Gasteiger partial charge in [-0.15, -0.1) is 11.8 Å². The summed E-state index contributed by atoms with van der Waals surface area (Å²) in [5, 5.41) is 12.8. The minimum absolute atomic E-state index is 0.168. The van der Waals surface area contributed by atoms with Crippen molar-refractivity contribution in [3.8, 4) is 0 Å². The molecule has 1 radical (unpaired) electrons. The Hall–Kier alpha value is -0.620. The van der Waals surface area contributed by atoms with Gasteiger partial charge in [0.1, 0.15) is 4.92 Å². The van der Waals surface area contributed by atoms with Gasteiger partial charge in [0.25, 0.3) is 0 Å². The maximum absolute atomic E-state index is 10.7. The molecule has 1 saturated heterocycles. The van der Waals surface area contributed by atoms with Gasteiger partial charge in [0.05, 0.1) is 0 Å². The Kier molecular flexibility index (Phi) is 2.84. The van der Waals surface area contributed by atoms with E-state index in [0.29, 0.717) is 6.54 Å². The van der Waals surface area contributed by atoms with Crippen LogP contribution in [0.2, 0.25) is 0 Å². The molecule has 0 atom stereocenters. The zero-order valence-electron chi connectivity index (χ0n) is 5.70. The monoisotopic (exact) mass is 175 g/mol. The second kappa shape index (κ2) is 3.68. The second-order valence-corrected chi connectivity index (χ2v) is 3.13. The zero-order chi connectivity index (χ0) is 8.27. The number of nitrogens with one attached hydrogen (secondary N) is 1. The van der Waals surface area contributed by atoms with E-state index in [-0.39, 0.29) is 5.37 Å². The van der Waals surface area contributed by atoms with Crippen molar-refractivity contribution >= 4 is 17.7 Å². The smallest absolute Gasteiger partial charge is 0.288 e. The van der Waals surface area contributed by atoms with Gasteiger partial charge in [0.2, 0.25) is 5.37 Å². The summed E-state index contributed by atoms with van der Waals surface area (Å²) in [5.74, 6) is -0.239. The van der Waals surface area contributed by atoms with E-state index in [9.17, 15) is 14.9 Å². The Morgan fingerprint density at radius 2 is 2.45 bits per heavy atom. The summed E-state index contributed by atoms with van der Waals surface area (Å²) < 4.78 is 0. The third kappa shape index (κ3) is 2.16. The molecule has 1 heterocycles. The maximum Gasteiger partial charge on any atom is 0.478 e. The van der Waals surface area contributed by atoms with Crippen LogP contribution in [0, 0.1) is 15.5 Å². The molecule has 1 fully saturated rings. The van der Waals surface area contributed by atoms with Gasteiger partial charge in [-0.25, -0.2) is 4.79 Å². The Morgan fingerprint density at radius 1 is 1.73 bits per heavy atom. The van der Waals surface area contributed by atoms with Crippen LogP contribution in [0.15, 0.2) is 0 Å². The Labute approximate surface area is 67.7 Å². The lowest BCUT2D eigenvalue weighted by Crippen LogP contribution is -2.34. The van der Waals surface area contributed by atoms with Gasteiger partial charge in [-0.2, -0.15) is 0 Å². The van der Waals surface area contributed by atoms with Gasteiger partial charge in [0.15, 0.2) is 0 Å². The summed E-state index contributed by atoms with van der Waals surface area (Å²) in [6.45, 7) is 0.655. The van der Waals surface area contributed by atoms with Crippen LogP contribution < -0.4 is 5.32 Å². The number of carbonyl (C=O) groups excluding carboxylic acids is 1. The lowest BCUT2D eigenvalue weighted by atomic mass is 10.4. The molecule has 1 aliphatic rings. The first-order chi connectivity index (χ1) is 5.22. The second-order valence-electron chi connectivity index (χ2n) is 2.02. The SMILES string of the molecule is O=C([C]1NCCCS1)[N+](=O)[O-]. The van der Waals surface area contributed by atoms with Crippen molar-refractivity contribution in [1.82, 2.24) is 5.32 Å². The third-order valence-corrected chi connectivity index (χ3v) is 2.31. The standard InChI is InChI=1S/C5H7N2O3S/c8-5(7(9)10)4-6-2-1-3-11-4/h6H,1-3H2. The molecule has 0 aromatic heterocycles. The number of amides is 1. The lowest BCUT2D eigenvalue weighted by molar-refractivity contribution is -0.399. The highest BCUT2D eigenvalue weighted by molar-refractivity contribution is 8.02. The summed E-state index contributed by atoms with van der Waals surface area (Å²) in [5.41, 5.74) is 0. The van der Waals surface area contributed by atoms with Gasteiger partial charge in [-0.3, -0.25) is 15.4 Å². The van der Waals surface area contributed by atoms with Crippen molar-refractivity contribution < 1.29 is 9.72 Å². The third-order valence-electron chi connectivity index (χ3n) is 1.21. The minimum Gasteiger partial charge on any atom is -0.288 e. The fraction of sp³-hybridized carbons (Fsp3) is 0.600. The predicted octanol–water partition coefficient (Wildman–Crippen LogP) is 0.00569. The van der Waals surface area contributed by atoms with Crippen LogP contribution in [-0.4, -0.2) is 23.1 Å². The molecule has 61 valence electrons. The molecule has 0 aliphatic carbocycles. The quantitative estimate of drug-likeness (QED) is 0.449. The minimum atomic E-state index is -1.02. The molecule has 0 aromatic rings. The van der Waals surface area contributed by atoms with E-state index in [0.717, 1.165) is 12.2 Å². The molecule has 6 heteroatoms. The molecular formula is C5H7N2O3S. The summed E-state index contributed by atoms with van der Waals surface area (Å²) >= 11 is 1.21. The van der Waals surface area contributed by atoms with E-state index >= 15 is 0 Å². The topological polar surface area (TPSA) is 72.2 Å². The van der Waals surface area contributed by atoms with E-state index < -0.39 is 10.8 Å². The molecule has 1 amide bonds. The number of hydrogen-bond donors (Lipinski definition) is 1. The number of hydrogen-bond acceptors (Lipinski definition) is 5. The van der Waals surface area contributed by atoms with Crippen molar-refractivity contribution in [2.45, 2.75) is 6.42 Å². The number of rotatable bonds is 1. The summed E-state index contributed by atoms with van der Waals surface area (Å²) in [4.78, 5) is 19.8. The van der Waals surface area contributed by atoms with Gasteiger partial charge in [-0.1, -0.05) is 0 Å². The van der Waals surface area contributed by atoms with Gasteiger partial charge >= 0.3 is 5.91 Å². The fourth-order valence-corrected chi connectivity index (χ4v) is 1.61. The molecule has 1 N–H and O–H groups in total. The van der Waals surface area contributed by atoms with Crippen molar-refractivity contribution in [3.63, 3.8) is 0 Å². The molecule has 0 bridgehead atoms. The van der Waals surface area contributed by atoms with E-state index in [1.165, 1.54) is 11.8 Å². The lowest BCUT2D eigenvalue weighted by Gasteiger charge is -2.15. The number of nitro groups is 1. The number of thioether (sulfide) groups is 1. The highest BCUT2D eigenvalue weighted by Crippen LogP contribution is 2.21. The van der Waals surface area contributed by atoms with Crippen molar-refractivity contribution in [3.05, 3.63) is 15.5 Å². The van der Waals surface area contributed by atoms with Crippen LogP contribution >= 0.6 is 11.8 Å². The van der Waals surface area contributed by atoms with Crippen molar-refractivity contribution in [2.75, 3.05) is 12.3 Å². The van der Waals surface area contributed by atoms with E-state index in [1.54, 1.807) is 0 Å². The van der Waals surface area contributed by atoms with Crippen LogP contribution in [0.4, 0.5) is 0 Å². The van der Waals surface area contributed by atoms with Gasteiger partial charge in [-0.05, 0) is 18.7 Å². The zero-order valence-corrected chi connectivity index (χ0v) is 6.52. The predicted molar refractivity (Wildman–Crippen MR) is 40.3 cm³/mol. The van der Waals surface area contributed by atoms with Crippen LogP contribution in [-0.2, 0) is 4.79 Å². The molecule has 11 heavy (non-hydrogen) atoms. The maximum atomic E-state index is 10.7. The van der Waals surface area contributed by atoms with Crippen LogP contribution in [0.3, 0.4) is 0 Å². The normalized spacial score (nSPS) is 19.6. The van der Waals surface area contributed by atoms with E-state index in [4.69, 9.17) is 0 Å². The summed E-state index contributed by atoms with van der Waals surface area (Å²) in [6.07, 6.45) is 0.944. The highest BCUT2D eigenvalue weighted by atomic mass is 32.2. The fourth-order valence-electron chi connectivity index (χ4n) is 0.720. The van der Waals surface area contributed by atoms with E-state index in [1.807, 2.05) is 0 Å². The molecule has 0 aromatic carbocycles. The number of nitrogens with zero attached hydrogens (tertiary/aromatic N) is 1. The number of carbonyl (C=O) groups is 1. The van der Waals surface area contributed by atoms with Gasteiger partial charge in [0, 0.05) is 0 Å². The Morgan fingerprint density at radius 3 is 2.91 bits per heavy atom. The molecule has 0 saturated carbocycles. The summed E-state index contributed by atoms with van der Waals surface area (Å²) in [6, 6.07) is 0. The van der Waals surface area contributed by atoms with Crippen LogP contribution in [0.1, 0.15) is 6.42 Å². The Bertz CT molecular complexity index is 179. The molecule has 1 aliphatic heterocycles. The average molecular weight is 175 g/mol. The first-order valence-electron chi connectivity index (χ1n) is 3.14. The van der Waals surface area contributed by atoms with Crippen molar-refractivity contribution in [2.24, 2.45) is 0 Å². The highest BCUT2D eigenvalue weighted by Gasteiger charge is 2.32. The Balaban J connectivity index is 2.45. The van der Waals surface area contributed by atoms with Crippen LogP contribution in [0.5, 0.6) is 0 Å².